The lowest BCUT2D eigenvalue weighted by molar-refractivity contribution is -0.384. The Morgan fingerprint density at radius 1 is 1.47 bits per heavy atom. The second-order valence-electron chi connectivity index (χ2n) is 4.61. The Balaban J connectivity index is 2.10. The van der Waals surface area contributed by atoms with E-state index in [2.05, 4.69) is 21.2 Å². The monoisotopic (exact) mass is 346 g/mol. The smallest absolute Gasteiger partial charge is 0.292 e. The molecule has 1 fully saturated rings. The van der Waals surface area contributed by atoms with Crippen LogP contribution in [0.3, 0.4) is 0 Å². The van der Waals surface area contributed by atoms with Crippen LogP contribution in [0.4, 0.5) is 11.4 Å². The van der Waals surface area contributed by atoms with Crippen LogP contribution in [0, 0.1) is 10.1 Å². The summed E-state index contributed by atoms with van der Waals surface area (Å²) in [5.41, 5.74) is -0.301. The highest BCUT2D eigenvalue weighted by atomic mass is 79.9. The number of hydrogen-bond donors (Lipinski definition) is 2. The first-order chi connectivity index (χ1) is 9.00. The second-order valence-corrected chi connectivity index (χ2v) is 6.75. The summed E-state index contributed by atoms with van der Waals surface area (Å²) in [6.45, 7) is 0.338. The molecule has 1 saturated heterocycles. The number of hydrogen-bond acceptors (Lipinski definition) is 5. The zero-order chi connectivity index (χ0) is 13.9. The molecule has 0 spiro atoms. The standard InChI is InChI=1S/C12H15BrN2O3S/c13-9-1-2-11(15(17)18)10(7-9)14-8-12(16)3-5-19-6-4-12/h1-2,7,14,16H,3-6,8H2. The summed E-state index contributed by atoms with van der Waals surface area (Å²) in [6, 6.07) is 4.75. The third kappa shape index (κ3) is 3.84. The van der Waals surface area contributed by atoms with E-state index in [1.54, 1.807) is 12.1 Å². The number of nitrogens with one attached hydrogen (secondary N) is 1. The van der Waals surface area contributed by atoms with Gasteiger partial charge in [-0.1, -0.05) is 15.9 Å². The Bertz CT molecular complexity index is 478. The lowest BCUT2D eigenvalue weighted by Crippen LogP contribution is -2.40. The van der Waals surface area contributed by atoms with E-state index in [-0.39, 0.29) is 5.69 Å². The van der Waals surface area contributed by atoms with Gasteiger partial charge in [-0.15, -0.1) is 0 Å². The van der Waals surface area contributed by atoms with Gasteiger partial charge < -0.3 is 10.4 Å². The van der Waals surface area contributed by atoms with Gasteiger partial charge >= 0.3 is 0 Å². The summed E-state index contributed by atoms with van der Waals surface area (Å²) in [5.74, 6) is 1.86. The molecule has 2 rings (SSSR count). The fourth-order valence-electron chi connectivity index (χ4n) is 2.00. The van der Waals surface area contributed by atoms with Crippen molar-refractivity contribution < 1.29 is 10.0 Å². The molecular formula is C12H15BrN2O3S. The molecule has 1 aliphatic heterocycles. The van der Waals surface area contributed by atoms with E-state index in [4.69, 9.17) is 0 Å². The summed E-state index contributed by atoms with van der Waals surface area (Å²) in [6.07, 6.45) is 1.43. The molecular weight excluding hydrogens is 332 g/mol. The fraction of sp³-hybridized carbons (Fsp3) is 0.500. The molecule has 1 aliphatic rings. The summed E-state index contributed by atoms with van der Waals surface area (Å²) in [4.78, 5) is 10.5. The molecule has 0 saturated carbocycles. The normalized spacial score (nSPS) is 18.0. The van der Waals surface area contributed by atoms with Crippen molar-refractivity contribution in [1.82, 2.24) is 0 Å². The number of rotatable bonds is 4. The maximum Gasteiger partial charge on any atom is 0.292 e. The van der Waals surface area contributed by atoms with E-state index in [1.165, 1.54) is 6.07 Å². The Hall–Kier alpha value is -0.790. The molecule has 1 heterocycles. The first-order valence-electron chi connectivity index (χ1n) is 5.98. The SMILES string of the molecule is O=[N+]([O-])c1ccc(Br)cc1NCC1(O)CCSCC1. The van der Waals surface area contributed by atoms with Crippen LogP contribution in [0.25, 0.3) is 0 Å². The highest BCUT2D eigenvalue weighted by molar-refractivity contribution is 9.10. The number of nitro benzene ring substituents is 1. The number of thioether (sulfide) groups is 1. The van der Waals surface area contributed by atoms with E-state index >= 15 is 0 Å². The molecule has 0 atom stereocenters. The van der Waals surface area contributed by atoms with Gasteiger partial charge in [-0.05, 0) is 36.5 Å². The van der Waals surface area contributed by atoms with Gasteiger partial charge in [0.05, 0.1) is 10.5 Å². The van der Waals surface area contributed by atoms with Crippen molar-refractivity contribution in [3.63, 3.8) is 0 Å². The van der Waals surface area contributed by atoms with Crippen LogP contribution in [-0.4, -0.2) is 33.7 Å². The van der Waals surface area contributed by atoms with Crippen molar-refractivity contribution in [2.24, 2.45) is 0 Å². The maximum atomic E-state index is 10.9. The van der Waals surface area contributed by atoms with Crippen molar-refractivity contribution in [2.75, 3.05) is 23.4 Å². The molecule has 0 radical (unpaired) electrons. The summed E-state index contributed by atoms with van der Waals surface area (Å²) >= 11 is 5.12. The van der Waals surface area contributed by atoms with Crippen molar-refractivity contribution in [2.45, 2.75) is 18.4 Å². The summed E-state index contributed by atoms with van der Waals surface area (Å²) < 4.78 is 0.770. The van der Waals surface area contributed by atoms with Crippen LogP contribution in [-0.2, 0) is 0 Å². The van der Waals surface area contributed by atoms with Crippen LogP contribution < -0.4 is 5.32 Å². The van der Waals surface area contributed by atoms with Gasteiger partial charge in [0.1, 0.15) is 5.69 Å². The number of nitrogens with zero attached hydrogens (tertiary/aromatic N) is 1. The lowest BCUT2D eigenvalue weighted by Gasteiger charge is -2.32. The third-order valence-corrected chi connectivity index (χ3v) is 4.67. The maximum absolute atomic E-state index is 10.9. The molecule has 19 heavy (non-hydrogen) atoms. The number of nitro groups is 1. The molecule has 0 bridgehead atoms. The first kappa shape index (κ1) is 14.6. The molecule has 0 unspecified atom stereocenters. The zero-order valence-corrected chi connectivity index (χ0v) is 12.7. The largest absolute Gasteiger partial charge is 0.388 e. The summed E-state index contributed by atoms with van der Waals surface area (Å²) in [7, 11) is 0. The predicted octanol–water partition coefficient (Wildman–Crippen LogP) is 3.03. The Morgan fingerprint density at radius 2 is 2.16 bits per heavy atom. The second kappa shape index (κ2) is 6.11. The van der Waals surface area contributed by atoms with Gasteiger partial charge in [0, 0.05) is 17.1 Å². The Kier molecular flexibility index (Phi) is 4.70. The lowest BCUT2D eigenvalue weighted by atomic mass is 9.97. The summed E-state index contributed by atoms with van der Waals surface area (Å²) in [5, 5.41) is 24.3. The third-order valence-electron chi connectivity index (χ3n) is 3.19. The van der Waals surface area contributed by atoms with Crippen LogP contribution in [0.2, 0.25) is 0 Å². The molecule has 0 aromatic heterocycles. The molecule has 5 nitrogen and oxygen atoms in total. The molecule has 1 aromatic carbocycles. The fourth-order valence-corrected chi connectivity index (χ4v) is 3.61. The van der Waals surface area contributed by atoms with Crippen LogP contribution in [0.5, 0.6) is 0 Å². The van der Waals surface area contributed by atoms with Crippen molar-refractivity contribution in [3.05, 3.63) is 32.8 Å². The molecule has 104 valence electrons. The number of benzene rings is 1. The van der Waals surface area contributed by atoms with Gasteiger partial charge in [-0.25, -0.2) is 0 Å². The van der Waals surface area contributed by atoms with E-state index in [9.17, 15) is 15.2 Å². The van der Waals surface area contributed by atoms with E-state index < -0.39 is 10.5 Å². The quantitative estimate of drug-likeness (QED) is 0.647. The minimum absolute atomic E-state index is 0.0250. The van der Waals surface area contributed by atoms with E-state index in [0.717, 1.165) is 16.0 Å². The van der Waals surface area contributed by atoms with Gasteiger partial charge in [0.2, 0.25) is 0 Å². The molecule has 2 N–H and O–H groups in total. The van der Waals surface area contributed by atoms with Crippen molar-refractivity contribution in [1.29, 1.82) is 0 Å². The average molecular weight is 347 g/mol. The minimum atomic E-state index is -0.762. The number of aliphatic hydroxyl groups is 1. The molecule has 7 heteroatoms. The van der Waals surface area contributed by atoms with Gasteiger partial charge in [-0.2, -0.15) is 11.8 Å². The van der Waals surface area contributed by atoms with Gasteiger partial charge in [0.25, 0.3) is 5.69 Å². The van der Waals surface area contributed by atoms with Gasteiger partial charge in [-0.3, -0.25) is 10.1 Å². The van der Waals surface area contributed by atoms with Crippen molar-refractivity contribution >= 4 is 39.1 Å². The van der Waals surface area contributed by atoms with Gasteiger partial charge in [0.15, 0.2) is 0 Å². The van der Waals surface area contributed by atoms with Crippen LogP contribution in [0.15, 0.2) is 22.7 Å². The molecule has 0 amide bonds. The number of anilines is 1. The Morgan fingerprint density at radius 3 is 2.79 bits per heavy atom. The highest BCUT2D eigenvalue weighted by Crippen LogP contribution is 2.31. The van der Waals surface area contributed by atoms with E-state index in [1.807, 2.05) is 11.8 Å². The number of halogens is 1. The average Bonchev–Trinajstić information content (AvgIpc) is 2.37. The predicted molar refractivity (Wildman–Crippen MR) is 80.8 cm³/mol. The van der Waals surface area contributed by atoms with Crippen molar-refractivity contribution in [3.8, 4) is 0 Å². The zero-order valence-electron chi connectivity index (χ0n) is 10.3. The molecule has 1 aromatic rings. The Labute approximate surface area is 124 Å². The molecule has 0 aliphatic carbocycles. The van der Waals surface area contributed by atoms with Crippen LogP contribution >= 0.6 is 27.7 Å². The topological polar surface area (TPSA) is 75.4 Å². The van der Waals surface area contributed by atoms with E-state index in [0.29, 0.717) is 25.1 Å². The first-order valence-corrected chi connectivity index (χ1v) is 7.93. The highest BCUT2D eigenvalue weighted by Gasteiger charge is 2.30. The van der Waals surface area contributed by atoms with Crippen LogP contribution in [0.1, 0.15) is 12.8 Å². The minimum Gasteiger partial charge on any atom is -0.388 e.